The summed E-state index contributed by atoms with van der Waals surface area (Å²) < 4.78 is 0. The predicted octanol–water partition coefficient (Wildman–Crippen LogP) is 6.04. The first-order valence-electron chi connectivity index (χ1n) is 9.28. The van der Waals surface area contributed by atoms with Gasteiger partial charge in [-0.05, 0) is 50.1 Å². The molecule has 20 heavy (non-hydrogen) atoms. The highest BCUT2D eigenvalue weighted by atomic mass is 14.8. The summed E-state index contributed by atoms with van der Waals surface area (Å²) in [6, 6.07) is 0. The summed E-state index contributed by atoms with van der Waals surface area (Å²) in [6.45, 7) is 14.2. The van der Waals surface area contributed by atoms with Crippen LogP contribution in [0.5, 0.6) is 0 Å². The molecule has 0 aliphatic heterocycles. The second kappa shape index (κ2) is 13.9. The average molecular weight is 284 g/mol. The summed E-state index contributed by atoms with van der Waals surface area (Å²) in [5.41, 5.74) is 0. The highest BCUT2D eigenvalue weighted by Gasteiger charge is 2.11. The largest absolute Gasteiger partial charge is 0.317 e. The number of rotatable bonds is 14. The van der Waals surface area contributed by atoms with Gasteiger partial charge in [0.05, 0.1) is 0 Å². The van der Waals surface area contributed by atoms with E-state index >= 15 is 0 Å². The van der Waals surface area contributed by atoms with Crippen molar-refractivity contribution in [3.63, 3.8) is 0 Å². The lowest BCUT2D eigenvalue weighted by Gasteiger charge is -2.20. The fourth-order valence-corrected chi connectivity index (χ4v) is 2.72. The van der Waals surface area contributed by atoms with Crippen molar-refractivity contribution in [1.29, 1.82) is 0 Å². The van der Waals surface area contributed by atoms with Crippen molar-refractivity contribution >= 4 is 0 Å². The van der Waals surface area contributed by atoms with Crippen LogP contribution in [0.4, 0.5) is 0 Å². The van der Waals surface area contributed by atoms with Crippen molar-refractivity contribution in [3.05, 3.63) is 0 Å². The zero-order valence-electron chi connectivity index (χ0n) is 15.0. The highest BCUT2D eigenvalue weighted by molar-refractivity contribution is 4.63. The zero-order chi connectivity index (χ0) is 15.2. The Morgan fingerprint density at radius 1 is 0.750 bits per heavy atom. The molecule has 0 amide bonds. The minimum atomic E-state index is 0.845. The van der Waals surface area contributed by atoms with Crippen molar-refractivity contribution in [3.8, 4) is 0 Å². The van der Waals surface area contributed by atoms with Gasteiger partial charge in [0.25, 0.3) is 0 Å². The zero-order valence-corrected chi connectivity index (χ0v) is 15.0. The number of hydrogen-bond donors (Lipinski definition) is 1. The number of unbranched alkanes of at least 4 members (excludes halogenated alkanes) is 5. The molecule has 0 saturated heterocycles. The molecule has 1 N–H and O–H groups in total. The molecule has 1 nitrogen and oxygen atoms in total. The van der Waals surface area contributed by atoms with Crippen molar-refractivity contribution < 1.29 is 0 Å². The molecule has 122 valence electrons. The molecule has 0 aliphatic rings. The van der Waals surface area contributed by atoms with E-state index in [1.54, 1.807) is 0 Å². The maximum Gasteiger partial charge on any atom is -0.00489 e. The molecular formula is C19H41N. The minimum absolute atomic E-state index is 0.845. The molecule has 0 spiro atoms. The Bertz CT molecular complexity index is 188. The first kappa shape index (κ1) is 20.0. The second-order valence-electron chi connectivity index (χ2n) is 7.22. The Kier molecular flexibility index (Phi) is 13.9. The molecule has 0 saturated carbocycles. The Hall–Kier alpha value is -0.0400. The molecular weight excluding hydrogens is 242 g/mol. The topological polar surface area (TPSA) is 12.0 Å². The van der Waals surface area contributed by atoms with Crippen LogP contribution in [-0.4, -0.2) is 13.1 Å². The van der Waals surface area contributed by atoms with Crippen molar-refractivity contribution in [2.75, 3.05) is 13.1 Å². The third kappa shape index (κ3) is 13.0. The second-order valence-corrected chi connectivity index (χ2v) is 7.22. The van der Waals surface area contributed by atoms with Gasteiger partial charge in [-0.2, -0.15) is 0 Å². The van der Waals surface area contributed by atoms with Gasteiger partial charge in [-0.3, -0.25) is 0 Å². The Morgan fingerprint density at radius 2 is 1.35 bits per heavy atom. The van der Waals surface area contributed by atoms with Gasteiger partial charge in [0.15, 0.2) is 0 Å². The van der Waals surface area contributed by atoms with E-state index in [9.17, 15) is 0 Å². The molecule has 0 rings (SSSR count). The van der Waals surface area contributed by atoms with Crippen LogP contribution in [0.3, 0.4) is 0 Å². The van der Waals surface area contributed by atoms with E-state index in [4.69, 9.17) is 0 Å². The van der Waals surface area contributed by atoms with E-state index in [-0.39, 0.29) is 0 Å². The fourth-order valence-electron chi connectivity index (χ4n) is 2.72. The van der Waals surface area contributed by atoms with Gasteiger partial charge in [0.1, 0.15) is 0 Å². The molecule has 0 heterocycles. The Labute approximate surface area is 129 Å². The van der Waals surface area contributed by atoms with Gasteiger partial charge in [-0.15, -0.1) is 0 Å². The molecule has 0 aromatic heterocycles. The van der Waals surface area contributed by atoms with E-state index in [1.807, 2.05) is 0 Å². The van der Waals surface area contributed by atoms with Crippen LogP contribution < -0.4 is 5.32 Å². The summed E-state index contributed by atoms with van der Waals surface area (Å²) in [4.78, 5) is 0. The monoisotopic (exact) mass is 283 g/mol. The quantitative estimate of drug-likeness (QED) is 0.383. The van der Waals surface area contributed by atoms with Crippen LogP contribution in [0, 0.1) is 17.8 Å². The molecule has 0 bridgehead atoms. The van der Waals surface area contributed by atoms with E-state index in [0.717, 1.165) is 17.8 Å². The molecule has 0 radical (unpaired) electrons. The lowest BCUT2D eigenvalue weighted by atomic mass is 9.86. The van der Waals surface area contributed by atoms with Crippen LogP contribution in [0.15, 0.2) is 0 Å². The lowest BCUT2D eigenvalue weighted by molar-refractivity contribution is 0.315. The first-order valence-corrected chi connectivity index (χ1v) is 9.28. The minimum Gasteiger partial charge on any atom is -0.317 e. The van der Waals surface area contributed by atoms with Crippen LogP contribution in [0.2, 0.25) is 0 Å². The van der Waals surface area contributed by atoms with E-state index in [2.05, 4.69) is 39.9 Å². The summed E-state index contributed by atoms with van der Waals surface area (Å²) in [5.74, 6) is 2.65. The molecule has 1 heteroatoms. The average Bonchev–Trinajstić information content (AvgIpc) is 2.40. The summed E-state index contributed by atoms with van der Waals surface area (Å²) in [7, 11) is 0. The number of hydrogen-bond acceptors (Lipinski definition) is 1. The van der Waals surface area contributed by atoms with Gasteiger partial charge in [-0.25, -0.2) is 0 Å². The van der Waals surface area contributed by atoms with E-state index in [0.29, 0.717) is 0 Å². The van der Waals surface area contributed by atoms with Crippen molar-refractivity contribution in [2.45, 2.75) is 92.4 Å². The SMILES string of the molecule is CCCCNCCCCCCCC(C)CC(C)C(C)C. The van der Waals surface area contributed by atoms with E-state index in [1.165, 1.54) is 70.9 Å². The van der Waals surface area contributed by atoms with Gasteiger partial charge >= 0.3 is 0 Å². The van der Waals surface area contributed by atoms with Gasteiger partial charge in [0, 0.05) is 0 Å². The summed E-state index contributed by atoms with van der Waals surface area (Å²) >= 11 is 0. The van der Waals surface area contributed by atoms with Gasteiger partial charge in [-0.1, -0.05) is 73.1 Å². The van der Waals surface area contributed by atoms with Crippen LogP contribution in [-0.2, 0) is 0 Å². The Morgan fingerprint density at radius 3 is 2.00 bits per heavy atom. The highest BCUT2D eigenvalue weighted by Crippen LogP contribution is 2.23. The molecule has 0 fully saturated rings. The number of nitrogens with one attached hydrogen (secondary N) is 1. The molecule has 0 aliphatic carbocycles. The maximum atomic E-state index is 3.53. The third-order valence-corrected chi connectivity index (χ3v) is 4.67. The molecule has 0 aromatic rings. The van der Waals surface area contributed by atoms with Crippen molar-refractivity contribution in [2.24, 2.45) is 17.8 Å². The smallest absolute Gasteiger partial charge is 0.00489 e. The summed E-state index contributed by atoms with van der Waals surface area (Å²) in [6.07, 6.45) is 12.6. The van der Waals surface area contributed by atoms with Crippen LogP contribution in [0.25, 0.3) is 0 Å². The van der Waals surface area contributed by atoms with Gasteiger partial charge < -0.3 is 5.32 Å². The fraction of sp³-hybridized carbons (Fsp3) is 1.00. The van der Waals surface area contributed by atoms with Gasteiger partial charge in [0.2, 0.25) is 0 Å². The third-order valence-electron chi connectivity index (χ3n) is 4.67. The normalized spacial score (nSPS) is 14.7. The Balaban J connectivity index is 3.23. The molecule has 2 unspecified atom stereocenters. The molecule has 2 atom stereocenters. The van der Waals surface area contributed by atoms with Crippen LogP contribution in [0.1, 0.15) is 92.4 Å². The maximum absolute atomic E-state index is 3.53. The molecule has 0 aromatic carbocycles. The predicted molar refractivity (Wildman–Crippen MR) is 93.3 cm³/mol. The lowest BCUT2D eigenvalue weighted by Crippen LogP contribution is -2.16. The van der Waals surface area contributed by atoms with Crippen molar-refractivity contribution in [1.82, 2.24) is 5.32 Å². The van der Waals surface area contributed by atoms with Crippen LogP contribution >= 0.6 is 0 Å². The van der Waals surface area contributed by atoms with E-state index < -0.39 is 0 Å². The summed E-state index contributed by atoms with van der Waals surface area (Å²) in [5, 5.41) is 3.53. The standard InChI is InChI=1S/C19H41N/c1-6-7-14-20-15-12-10-8-9-11-13-18(4)16-19(5)17(2)3/h17-20H,6-16H2,1-5H3. The first-order chi connectivity index (χ1) is 9.57.